The number of ether oxygens (including phenoxy) is 1. The quantitative estimate of drug-likeness (QED) is 0.333. The molecule has 3 aliphatic heterocycles. The van der Waals surface area contributed by atoms with Gasteiger partial charge in [-0.05, 0) is 18.6 Å². The molecule has 5 rings (SSSR count). The highest BCUT2D eigenvalue weighted by atomic mass is 32.1. The van der Waals surface area contributed by atoms with E-state index in [1.165, 1.54) is 17.5 Å². The number of aliphatic hydroxyl groups is 2. The van der Waals surface area contributed by atoms with E-state index in [9.17, 15) is 14.7 Å². The highest BCUT2D eigenvalue weighted by Crippen LogP contribution is 2.33. The Labute approximate surface area is 211 Å². The van der Waals surface area contributed by atoms with Crippen LogP contribution in [0.15, 0.2) is 53.6 Å². The molecule has 190 valence electrons. The molecule has 0 saturated carbocycles. The van der Waals surface area contributed by atoms with Crippen molar-refractivity contribution in [3.05, 3.63) is 58.6 Å². The molecule has 0 aliphatic carbocycles. The molecule has 36 heavy (non-hydrogen) atoms. The van der Waals surface area contributed by atoms with E-state index in [0.717, 1.165) is 23.7 Å². The summed E-state index contributed by atoms with van der Waals surface area (Å²) in [7, 11) is 0. The summed E-state index contributed by atoms with van der Waals surface area (Å²) in [5.41, 5.74) is 0.867. The molecule has 3 amide bonds. The number of aromatic nitrogens is 2. The fourth-order valence-corrected chi connectivity index (χ4v) is 4.91. The number of anilines is 1. The van der Waals surface area contributed by atoms with Gasteiger partial charge in [-0.1, -0.05) is 6.08 Å². The van der Waals surface area contributed by atoms with Gasteiger partial charge in [0.1, 0.15) is 41.1 Å². The average Bonchev–Trinajstić information content (AvgIpc) is 3.57. The van der Waals surface area contributed by atoms with Crippen molar-refractivity contribution in [3.8, 4) is 5.75 Å². The van der Waals surface area contributed by atoms with E-state index < -0.39 is 18.8 Å². The maximum absolute atomic E-state index is 13.4. The lowest BCUT2D eigenvalue weighted by Gasteiger charge is -2.40. The van der Waals surface area contributed by atoms with Gasteiger partial charge in [0, 0.05) is 36.9 Å². The predicted molar refractivity (Wildman–Crippen MR) is 131 cm³/mol. The lowest BCUT2D eigenvalue weighted by atomic mass is 10.1. The summed E-state index contributed by atoms with van der Waals surface area (Å²) >= 11 is 1.47. The van der Waals surface area contributed by atoms with Crippen molar-refractivity contribution in [2.45, 2.75) is 31.2 Å². The van der Waals surface area contributed by atoms with Crippen molar-refractivity contribution in [2.75, 3.05) is 31.6 Å². The minimum Gasteiger partial charge on any atom is -0.491 e. The summed E-state index contributed by atoms with van der Waals surface area (Å²) in [6.07, 6.45) is 6.66. The van der Waals surface area contributed by atoms with E-state index in [4.69, 9.17) is 9.84 Å². The van der Waals surface area contributed by atoms with Gasteiger partial charge in [0.15, 0.2) is 0 Å². The number of amides is 3. The SMILES string of the molecule is O=C(NCc1nccs1)C1C=CC2=C(N1)N(C(=O)Nc1cc(OC[C@H](O)CO)ccn1)[C@H]1CCN2C1. The molecule has 2 bridgehead atoms. The van der Waals surface area contributed by atoms with Gasteiger partial charge in [-0.3, -0.25) is 15.0 Å². The summed E-state index contributed by atoms with van der Waals surface area (Å²) in [5, 5.41) is 30.1. The number of hydrogen-bond donors (Lipinski definition) is 5. The Hall–Kier alpha value is -3.68. The van der Waals surface area contributed by atoms with E-state index in [1.54, 1.807) is 29.3 Å². The first-order valence-corrected chi connectivity index (χ1v) is 12.5. The van der Waals surface area contributed by atoms with Crippen LogP contribution >= 0.6 is 11.3 Å². The van der Waals surface area contributed by atoms with Crippen LogP contribution in [0.4, 0.5) is 10.6 Å². The number of hydrogen-bond acceptors (Lipinski definition) is 10. The predicted octanol–water partition coefficient (Wildman–Crippen LogP) is 0.205. The van der Waals surface area contributed by atoms with Crippen LogP contribution in [0, 0.1) is 0 Å². The number of thiazole rings is 1. The number of rotatable bonds is 8. The van der Waals surface area contributed by atoms with Crippen molar-refractivity contribution >= 4 is 29.1 Å². The molecule has 1 unspecified atom stereocenters. The van der Waals surface area contributed by atoms with Gasteiger partial charge in [-0.25, -0.2) is 14.8 Å². The topological polar surface area (TPSA) is 152 Å². The highest BCUT2D eigenvalue weighted by Gasteiger charge is 2.42. The molecule has 1 saturated heterocycles. The van der Waals surface area contributed by atoms with Crippen LogP contribution in [0.25, 0.3) is 0 Å². The van der Waals surface area contributed by atoms with E-state index in [2.05, 4.69) is 30.8 Å². The van der Waals surface area contributed by atoms with Crippen molar-refractivity contribution in [1.29, 1.82) is 0 Å². The summed E-state index contributed by atoms with van der Waals surface area (Å²) in [6, 6.07) is 2.08. The van der Waals surface area contributed by atoms with Gasteiger partial charge < -0.3 is 30.5 Å². The maximum Gasteiger partial charge on any atom is 0.328 e. The van der Waals surface area contributed by atoms with Crippen molar-refractivity contribution < 1.29 is 24.5 Å². The molecule has 5 heterocycles. The highest BCUT2D eigenvalue weighted by molar-refractivity contribution is 7.09. The third kappa shape index (κ3) is 5.12. The largest absolute Gasteiger partial charge is 0.491 e. The van der Waals surface area contributed by atoms with E-state index in [0.29, 0.717) is 24.7 Å². The number of urea groups is 1. The number of nitrogens with one attached hydrogen (secondary N) is 3. The van der Waals surface area contributed by atoms with E-state index in [-0.39, 0.29) is 30.4 Å². The number of pyridine rings is 1. The lowest BCUT2D eigenvalue weighted by Crippen LogP contribution is -2.55. The molecule has 0 spiro atoms. The smallest absolute Gasteiger partial charge is 0.328 e. The fourth-order valence-electron chi connectivity index (χ4n) is 4.36. The molecule has 13 heteroatoms. The first-order chi connectivity index (χ1) is 17.5. The lowest BCUT2D eigenvalue weighted by molar-refractivity contribution is -0.122. The Morgan fingerprint density at radius 2 is 2.22 bits per heavy atom. The summed E-state index contributed by atoms with van der Waals surface area (Å²) < 4.78 is 5.45. The Bertz CT molecular complexity index is 1170. The number of dihydropyridines is 1. The second kappa shape index (κ2) is 10.5. The van der Waals surface area contributed by atoms with Gasteiger partial charge >= 0.3 is 6.03 Å². The van der Waals surface area contributed by atoms with E-state index in [1.807, 2.05) is 11.5 Å². The third-order valence-corrected chi connectivity index (χ3v) is 6.89. The molecule has 1 fully saturated rings. The molecule has 3 aliphatic rings. The Morgan fingerprint density at radius 1 is 1.33 bits per heavy atom. The van der Waals surface area contributed by atoms with Gasteiger partial charge in [0.25, 0.3) is 0 Å². The van der Waals surface area contributed by atoms with Crippen LogP contribution < -0.4 is 20.7 Å². The van der Waals surface area contributed by atoms with Crippen molar-refractivity contribution in [3.63, 3.8) is 0 Å². The number of aliphatic hydroxyl groups excluding tert-OH is 2. The Balaban J connectivity index is 1.28. The number of carbonyl (C=O) groups excluding carboxylic acids is 2. The minimum atomic E-state index is -1.00. The average molecular weight is 514 g/mol. The van der Waals surface area contributed by atoms with Crippen LogP contribution in [0.2, 0.25) is 0 Å². The monoisotopic (exact) mass is 513 g/mol. The molecule has 2 aromatic heterocycles. The van der Waals surface area contributed by atoms with Gasteiger partial charge in [0.2, 0.25) is 5.91 Å². The number of fused-ring (bicyclic) bond motifs is 3. The molecule has 0 radical (unpaired) electrons. The molecule has 12 nitrogen and oxygen atoms in total. The molecular weight excluding hydrogens is 486 g/mol. The maximum atomic E-state index is 13.4. The molecule has 2 aromatic rings. The molecule has 3 atom stereocenters. The molecule has 0 aromatic carbocycles. The Kier molecular flexibility index (Phi) is 7.02. The summed E-state index contributed by atoms with van der Waals surface area (Å²) in [6.45, 7) is 1.36. The zero-order valence-electron chi connectivity index (χ0n) is 19.3. The van der Waals surface area contributed by atoms with Gasteiger partial charge in [0.05, 0.1) is 24.9 Å². The number of nitrogens with zero attached hydrogens (tertiary/aromatic N) is 4. The van der Waals surface area contributed by atoms with Crippen LogP contribution in [0.1, 0.15) is 11.4 Å². The van der Waals surface area contributed by atoms with Crippen LogP contribution in [-0.2, 0) is 11.3 Å². The number of allylic oxidation sites excluding steroid dienone is 1. The summed E-state index contributed by atoms with van der Waals surface area (Å²) in [4.78, 5) is 38.5. The van der Waals surface area contributed by atoms with E-state index >= 15 is 0 Å². The van der Waals surface area contributed by atoms with Crippen molar-refractivity contribution in [1.82, 2.24) is 30.4 Å². The molecular formula is C23H27N7O5S. The van der Waals surface area contributed by atoms with Gasteiger partial charge in [-0.2, -0.15) is 0 Å². The van der Waals surface area contributed by atoms with Gasteiger partial charge in [-0.15, -0.1) is 11.3 Å². The second-order valence-corrected chi connectivity index (χ2v) is 9.55. The van der Waals surface area contributed by atoms with Crippen LogP contribution in [0.3, 0.4) is 0 Å². The first-order valence-electron chi connectivity index (χ1n) is 11.6. The second-order valence-electron chi connectivity index (χ2n) is 8.57. The normalized spacial score (nSPS) is 21.1. The Morgan fingerprint density at radius 3 is 3.03 bits per heavy atom. The minimum absolute atomic E-state index is 0.0547. The number of carbonyl (C=O) groups is 2. The van der Waals surface area contributed by atoms with Crippen molar-refractivity contribution in [2.24, 2.45) is 0 Å². The summed E-state index contributed by atoms with van der Waals surface area (Å²) in [5.74, 6) is 1.05. The van der Waals surface area contributed by atoms with Crippen LogP contribution in [-0.4, -0.2) is 86.4 Å². The molecule has 5 N–H and O–H groups in total. The standard InChI is InChI=1S/C23H27N7O5S/c31-12-15(32)13-35-16-3-5-24-19(9-16)28-23(34)30-14-4-7-29(11-14)18-2-1-17(27-21(18)30)22(33)26-10-20-25-6-8-36-20/h1-3,5-6,8-9,14-15,17,27,31-32H,4,7,10-13H2,(H,26,33)(H,24,28,34)/t14-,15+,17?/m0/s1. The first kappa shape index (κ1) is 24.0. The fraction of sp³-hybridized carbons (Fsp3) is 0.391. The zero-order chi connectivity index (χ0) is 25.1. The third-order valence-electron chi connectivity index (χ3n) is 6.11. The zero-order valence-corrected chi connectivity index (χ0v) is 20.1. The van der Waals surface area contributed by atoms with Crippen LogP contribution in [0.5, 0.6) is 5.75 Å².